The van der Waals surface area contributed by atoms with Crippen molar-refractivity contribution in [2.24, 2.45) is 5.73 Å². The largest absolute Gasteiger partial charge is 0.489 e. The van der Waals surface area contributed by atoms with Crippen molar-refractivity contribution in [3.8, 4) is 16.3 Å². The quantitative estimate of drug-likeness (QED) is 0.854. The molecule has 0 spiro atoms. The van der Waals surface area contributed by atoms with Crippen molar-refractivity contribution in [2.45, 2.75) is 6.92 Å². The Bertz CT molecular complexity index is 724. The van der Waals surface area contributed by atoms with Crippen molar-refractivity contribution >= 4 is 16.3 Å². The molecule has 0 saturated carbocycles. The molecule has 0 amide bonds. The Hall–Kier alpha value is -1.96. The van der Waals surface area contributed by atoms with Crippen molar-refractivity contribution in [2.75, 3.05) is 44.4 Å². The third-order valence-electron chi connectivity index (χ3n) is 4.01. The fourth-order valence-electron chi connectivity index (χ4n) is 2.58. The van der Waals surface area contributed by atoms with Gasteiger partial charge in [-0.05, 0) is 31.2 Å². The number of ether oxygens (including phenoxy) is 2. The second-order valence-corrected chi connectivity index (χ2v) is 6.77. The molecule has 1 aliphatic heterocycles. The van der Waals surface area contributed by atoms with Crippen LogP contribution in [0.25, 0.3) is 10.6 Å². The molecule has 2 N–H and O–H groups in total. The van der Waals surface area contributed by atoms with Crippen molar-refractivity contribution < 1.29 is 13.9 Å². The predicted molar refractivity (Wildman–Crippen MR) is 99.1 cm³/mol. The smallest absolute Gasteiger partial charge is 0.125 e. The normalized spacial score (nSPS) is 15.5. The highest BCUT2D eigenvalue weighted by Crippen LogP contribution is 2.35. The van der Waals surface area contributed by atoms with Gasteiger partial charge in [-0.2, -0.15) is 0 Å². The van der Waals surface area contributed by atoms with Gasteiger partial charge >= 0.3 is 0 Å². The molecule has 2 heterocycles. The number of aryl methyl sites for hydroxylation is 1. The molecule has 0 atom stereocenters. The van der Waals surface area contributed by atoms with Crippen LogP contribution in [-0.4, -0.2) is 44.4 Å². The molecule has 0 aliphatic carbocycles. The molecule has 0 unspecified atom stereocenters. The third kappa shape index (κ3) is 4.36. The number of hydrogen-bond donors (Lipinski definition) is 1. The minimum absolute atomic E-state index is 0.150. The van der Waals surface area contributed by atoms with Gasteiger partial charge in [0.15, 0.2) is 0 Å². The number of nitrogens with zero attached hydrogens (tertiary/aromatic N) is 2. The lowest BCUT2D eigenvalue weighted by Crippen LogP contribution is -2.36. The Morgan fingerprint density at radius 1 is 1.36 bits per heavy atom. The topological polar surface area (TPSA) is 60.6 Å². The van der Waals surface area contributed by atoms with Crippen LogP contribution in [0.15, 0.2) is 36.2 Å². The van der Waals surface area contributed by atoms with Gasteiger partial charge in [-0.3, -0.25) is 0 Å². The summed E-state index contributed by atoms with van der Waals surface area (Å²) in [6.07, 6.45) is 0.500. The fourth-order valence-corrected chi connectivity index (χ4v) is 3.70. The zero-order valence-corrected chi connectivity index (χ0v) is 15.0. The first kappa shape index (κ1) is 17.8. The Morgan fingerprint density at radius 2 is 2.08 bits per heavy atom. The second kappa shape index (κ2) is 8.42. The van der Waals surface area contributed by atoms with Crippen LogP contribution in [0.1, 0.15) is 5.69 Å². The van der Waals surface area contributed by atoms with Crippen LogP contribution in [-0.2, 0) is 4.74 Å². The van der Waals surface area contributed by atoms with E-state index in [9.17, 15) is 4.39 Å². The maximum atomic E-state index is 12.5. The van der Waals surface area contributed by atoms with Crippen molar-refractivity contribution in [1.82, 2.24) is 4.98 Å². The Labute approximate surface area is 150 Å². The molecule has 134 valence electrons. The second-order valence-electron chi connectivity index (χ2n) is 5.79. The molecular weight excluding hydrogens is 341 g/mol. The molecule has 1 fully saturated rings. The summed E-state index contributed by atoms with van der Waals surface area (Å²) in [6.45, 7) is 5.68. The van der Waals surface area contributed by atoms with E-state index >= 15 is 0 Å². The molecule has 3 rings (SSSR count). The number of morpholine rings is 1. The average molecular weight is 363 g/mol. The summed E-state index contributed by atoms with van der Waals surface area (Å²) < 4.78 is 23.5. The molecule has 1 saturated heterocycles. The van der Waals surface area contributed by atoms with Crippen molar-refractivity contribution in [3.63, 3.8) is 0 Å². The van der Waals surface area contributed by atoms with Crippen LogP contribution < -0.4 is 15.4 Å². The van der Waals surface area contributed by atoms with Crippen LogP contribution >= 0.6 is 11.3 Å². The number of aromatic nitrogens is 1. The fraction of sp³-hybridized carbons (Fsp3) is 0.389. The maximum absolute atomic E-state index is 12.5. The van der Waals surface area contributed by atoms with Gasteiger partial charge in [-0.25, -0.2) is 9.37 Å². The van der Waals surface area contributed by atoms with E-state index < -0.39 is 0 Å². The first-order valence-electron chi connectivity index (χ1n) is 8.23. The van der Waals surface area contributed by atoms with Crippen LogP contribution in [0.3, 0.4) is 0 Å². The summed E-state index contributed by atoms with van der Waals surface area (Å²) in [5, 5.41) is 2.19. The number of anilines is 1. The number of rotatable bonds is 6. The first-order valence-corrected chi connectivity index (χ1v) is 9.04. The highest BCUT2D eigenvalue weighted by Gasteiger charge is 2.18. The van der Waals surface area contributed by atoms with Gasteiger partial charge in [0.1, 0.15) is 22.4 Å². The first-order chi connectivity index (χ1) is 12.2. The molecule has 1 aromatic heterocycles. The van der Waals surface area contributed by atoms with Gasteiger partial charge in [0.25, 0.3) is 0 Å². The van der Waals surface area contributed by atoms with Crippen molar-refractivity contribution in [3.05, 3.63) is 41.9 Å². The van der Waals surface area contributed by atoms with E-state index in [1.165, 1.54) is 5.00 Å². The van der Waals surface area contributed by atoms with Gasteiger partial charge in [-0.15, -0.1) is 0 Å². The molecule has 2 aromatic rings. The summed E-state index contributed by atoms with van der Waals surface area (Å²) in [5.41, 5.74) is 7.93. The monoisotopic (exact) mass is 363 g/mol. The van der Waals surface area contributed by atoms with Crippen molar-refractivity contribution in [1.29, 1.82) is 0 Å². The van der Waals surface area contributed by atoms with Crippen LogP contribution in [0, 0.1) is 6.92 Å². The minimum Gasteiger partial charge on any atom is -0.489 e. The summed E-state index contributed by atoms with van der Waals surface area (Å²) >= 11 is 1.69. The van der Waals surface area contributed by atoms with Gasteiger partial charge in [0, 0.05) is 30.8 Å². The molecular formula is C18H22FN3O2S. The number of hydrogen-bond acceptors (Lipinski definition) is 6. The predicted octanol–water partition coefficient (Wildman–Crippen LogP) is 3.15. The molecule has 7 heteroatoms. The minimum atomic E-state index is 0.150. The average Bonchev–Trinajstić information content (AvgIpc) is 3.05. The highest BCUT2D eigenvalue weighted by atomic mass is 32.1. The molecule has 0 radical (unpaired) electrons. The molecule has 1 aromatic carbocycles. The van der Waals surface area contributed by atoms with E-state index in [1.54, 1.807) is 11.3 Å². The van der Waals surface area contributed by atoms with E-state index in [2.05, 4.69) is 4.90 Å². The Kier molecular flexibility index (Phi) is 6.01. The van der Waals surface area contributed by atoms with Gasteiger partial charge < -0.3 is 20.1 Å². The molecule has 5 nitrogen and oxygen atoms in total. The van der Waals surface area contributed by atoms with Crippen LogP contribution in [0.4, 0.5) is 9.39 Å². The summed E-state index contributed by atoms with van der Waals surface area (Å²) in [6, 6.07) is 7.68. The lowest BCUT2D eigenvalue weighted by molar-refractivity contribution is 0.123. The summed E-state index contributed by atoms with van der Waals surface area (Å²) in [7, 11) is 0. The molecule has 1 aliphatic rings. The standard InChI is InChI=1S/C18H22FN3O2S/c1-13-18(22-6-8-23-9-7-22)25-17(21-13)15-2-4-16(5-3-15)24-12-14(10-19)11-20/h2-5,10H,6-9,11-12,20H2,1H3/b14-10-. The molecule has 0 bridgehead atoms. The Balaban J connectivity index is 1.70. The maximum Gasteiger partial charge on any atom is 0.125 e. The highest BCUT2D eigenvalue weighted by molar-refractivity contribution is 7.19. The van der Waals surface area contributed by atoms with E-state index in [4.69, 9.17) is 20.2 Å². The molecule has 25 heavy (non-hydrogen) atoms. The number of nitrogens with two attached hydrogens (primary N) is 1. The number of halogens is 1. The van der Waals surface area contributed by atoms with E-state index in [0.717, 1.165) is 42.6 Å². The van der Waals surface area contributed by atoms with E-state index in [0.29, 0.717) is 17.7 Å². The number of benzene rings is 1. The SMILES string of the molecule is Cc1nc(-c2ccc(OC/C(=C\F)CN)cc2)sc1N1CCOCC1. The lowest BCUT2D eigenvalue weighted by atomic mass is 10.2. The number of thiazole rings is 1. The van der Waals surface area contributed by atoms with Gasteiger partial charge in [-0.1, -0.05) is 11.3 Å². The summed E-state index contributed by atoms with van der Waals surface area (Å²) in [5.74, 6) is 0.679. The van der Waals surface area contributed by atoms with E-state index in [1.807, 2.05) is 31.2 Å². The third-order valence-corrected chi connectivity index (χ3v) is 5.28. The van der Waals surface area contributed by atoms with Gasteiger partial charge in [0.2, 0.25) is 0 Å². The zero-order chi connectivity index (χ0) is 17.6. The van der Waals surface area contributed by atoms with Gasteiger partial charge in [0.05, 0.1) is 25.2 Å². The summed E-state index contributed by atoms with van der Waals surface area (Å²) in [4.78, 5) is 7.03. The van der Waals surface area contributed by atoms with E-state index in [-0.39, 0.29) is 13.2 Å². The van der Waals surface area contributed by atoms with Crippen LogP contribution in [0.2, 0.25) is 0 Å². The lowest BCUT2D eigenvalue weighted by Gasteiger charge is -2.27. The zero-order valence-electron chi connectivity index (χ0n) is 14.2. The van der Waals surface area contributed by atoms with Crippen LogP contribution in [0.5, 0.6) is 5.75 Å². The Morgan fingerprint density at radius 3 is 2.72 bits per heavy atom.